The van der Waals surface area contributed by atoms with Gasteiger partial charge >= 0.3 is 0 Å². The molecule has 2 aromatic heterocycles. The van der Waals surface area contributed by atoms with Gasteiger partial charge in [0.25, 0.3) is 5.56 Å². The van der Waals surface area contributed by atoms with Crippen LogP contribution in [0, 0.1) is 4.77 Å². The summed E-state index contributed by atoms with van der Waals surface area (Å²) in [6.45, 7) is 5.07. The minimum atomic E-state index is 0.0701. The van der Waals surface area contributed by atoms with Crippen molar-refractivity contribution in [2.75, 3.05) is 0 Å². The maximum atomic E-state index is 12.6. The fourth-order valence-corrected chi connectivity index (χ4v) is 4.03. The quantitative estimate of drug-likeness (QED) is 0.489. The fraction of sp³-hybridized carbons (Fsp3) is 0.647. The van der Waals surface area contributed by atoms with Crippen LogP contribution in [0.3, 0.4) is 0 Å². The number of thiophene rings is 1. The standard InChI is InChI=1S/C17H26N2OS2/c1-3-5-6-7-8-9-10-11-19-16(20)14-12-13(4-2)22-15(14)18-17(19)21/h12H,3-11H2,1-2H3,(H,18,21). The van der Waals surface area contributed by atoms with Crippen molar-refractivity contribution >= 4 is 33.8 Å². The van der Waals surface area contributed by atoms with E-state index in [9.17, 15) is 4.79 Å². The van der Waals surface area contributed by atoms with Crippen LogP contribution in [0.5, 0.6) is 0 Å². The Morgan fingerprint density at radius 1 is 1.14 bits per heavy atom. The Morgan fingerprint density at radius 3 is 2.50 bits per heavy atom. The number of hydrogen-bond acceptors (Lipinski definition) is 3. The van der Waals surface area contributed by atoms with Gasteiger partial charge in [-0.1, -0.05) is 52.4 Å². The van der Waals surface area contributed by atoms with Crippen LogP contribution < -0.4 is 5.56 Å². The third-order valence-corrected chi connectivity index (χ3v) is 5.58. The Bertz CT molecular complexity index is 711. The predicted molar refractivity (Wildman–Crippen MR) is 98.6 cm³/mol. The van der Waals surface area contributed by atoms with E-state index < -0.39 is 0 Å². The SMILES string of the molecule is CCCCCCCCCn1c(=S)[nH]c2sc(CC)cc2c1=O. The zero-order chi connectivity index (χ0) is 15.9. The molecule has 0 unspecified atom stereocenters. The lowest BCUT2D eigenvalue weighted by Crippen LogP contribution is -2.21. The van der Waals surface area contributed by atoms with Crippen LogP contribution in [-0.4, -0.2) is 9.55 Å². The average Bonchev–Trinajstić information content (AvgIpc) is 2.92. The smallest absolute Gasteiger partial charge is 0.263 e. The second kappa shape index (κ2) is 8.63. The van der Waals surface area contributed by atoms with Gasteiger partial charge in [-0.2, -0.15) is 0 Å². The van der Waals surface area contributed by atoms with Crippen LogP contribution in [0.25, 0.3) is 10.2 Å². The van der Waals surface area contributed by atoms with Crippen LogP contribution >= 0.6 is 23.6 Å². The summed E-state index contributed by atoms with van der Waals surface area (Å²) < 4.78 is 2.29. The Balaban J connectivity index is 1.99. The number of rotatable bonds is 9. The molecule has 22 heavy (non-hydrogen) atoms. The zero-order valence-electron chi connectivity index (χ0n) is 13.6. The molecule has 0 aromatic carbocycles. The summed E-state index contributed by atoms with van der Waals surface area (Å²) >= 11 is 7.00. The van der Waals surface area contributed by atoms with Gasteiger partial charge < -0.3 is 4.98 Å². The first-order valence-electron chi connectivity index (χ1n) is 8.43. The first-order valence-corrected chi connectivity index (χ1v) is 9.65. The Kier molecular flexibility index (Phi) is 6.83. The molecular formula is C17H26N2OS2. The monoisotopic (exact) mass is 338 g/mol. The van der Waals surface area contributed by atoms with Crippen molar-refractivity contribution in [1.29, 1.82) is 0 Å². The van der Waals surface area contributed by atoms with Crippen LogP contribution in [0.15, 0.2) is 10.9 Å². The van der Waals surface area contributed by atoms with E-state index in [1.807, 2.05) is 6.07 Å². The van der Waals surface area contributed by atoms with E-state index in [1.54, 1.807) is 15.9 Å². The summed E-state index contributed by atoms with van der Waals surface area (Å²) in [5.74, 6) is 0. The van der Waals surface area contributed by atoms with Gasteiger partial charge in [-0.15, -0.1) is 11.3 Å². The lowest BCUT2D eigenvalue weighted by Gasteiger charge is -2.06. The lowest BCUT2D eigenvalue weighted by molar-refractivity contribution is 0.538. The second-order valence-corrected chi connectivity index (χ2v) is 7.34. The van der Waals surface area contributed by atoms with Crippen molar-refractivity contribution in [1.82, 2.24) is 9.55 Å². The van der Waals surface area contributed by atoms with E-state index in [4.69, 9.17) is 12.2 Å². The number of H-pyrrole nitrogens is 1. The van der Waals surface area contributed by atoms with E-state index in [2.05, 4.69) is 18.8 Å². The second-order valence-electron chi connectivity index (χ2n) is 5.82. The summed E-state index contributed by atoms with van der Waals surface area (Å²) in [4.78, 5) is 17.9. The van der Waals surface area contributed by atoms with Crippen LogP contribution in [0.4, 0.5) is 0 Å². The fourth-order valence-electron chi connectivity index (χ4n) is 2.70. The highest BCUT2D eigenvalue weighted by Crippen LogP contribution is 2.21. The highest BCUT2D eigenvalue weighted by Gasteiger charge is 2.09. The molecule has 0 aliphatic rings. The molecule has 0 bridgehead atoms. The molecule has 122 valence electrons. The predicted octanol–water partition coefficient (Wildman–Crippen LogP) is 5.43. The highest BCUT2D eigenvalue weighted by molar-refractivity contribution is 7.71. The first-order chi connectivity index (χ1) is 10.7. The molecule has 0 saturated carbocycles. The molecule has 0 atom stereocenters. The minimum Gasteiger partial charge on any atom is -0.323 e. The van der Waals surface area contributed by atoms with Gasteiger partial charge in [0.2, 0.25) is 0 Å². The van der Waals surface area contributed by atoms with Gasteiger partial charge in [0.05, 0.1) is 5.39 Å². The van der Waals surface area contributed by atoms with E-state index in [-0.39, 0.29) is 5.56 Å². The zero-order valence-corrected chi connectivity index (χ0v) is 15.2. The Labute approximate surface area is 141 Å². The molecular weight excluding hydrogens is 312 g/mol. The van der Waals surface area contributed by atoms with E-state index in [0.717, 1.165) is 29.6 Å². The summed E-state index contributed by atoms with van der Waals surface area (Å²) in [7, 11) is 0. The first kappa shape index (κ1) is 17.4. The molecule has 2 aromatic rings. The number of nitrogens with zero attached hydrogens (tertiary/aromatic N) is 1. The summed E-state index contributed by atoms with van der Waals surface area (Å²) in [6.07, 6.45) is 9.66. The molecule has 0 aliphatic carbocycles. The molecule has 0 saturated heterocycles. The summed E-state index contributed by atoms with van der Waals surface area (Å²) in [5.41, 5.74) is 0.0701. The summed E-state index contributed by atoms with van der Waals surface area (Å²) in [6, 6.07) is 2.01. The van der Waals surface area contributed by atoms with Crippen molar-refractivity contribution in [3.05, 3.63) is 26.1 Å². The van der Waals surface area contributed by atoms with Crippen LogP contribution in [0.1, 0.15) is 63.7 Å². The van der Waals surface area contributed by atoms with Gasteiger partial charge in [0.15, 0.2) is 4.77 Å². The van der Waals surface area contributed by atoms with Crippen molar-refractivity contribution in [2.45, 2.75) is 71.8 Å². The van der Waals surface area contributed by atoms with Crippen molar-refractivity contribution in [3.8, 4) is 0 Å². The number of aromatic amines is 1. The molecule has 0 fully saturated rings. The third-order valence-electron chi connectivity index (χ3n) is 4.06. The van der Waals surface area contributed by atoms with Crippen molar-refractivity contribution in [3.63, 3.8) is 0 Å². The lowest BCUT2D eigenvalue weighted by atomic mass is 10.1. The van der Waals surface area contributed by atoms with Gasteiger partial charge in [0, 0.05) is 11.4 Å². The maximum absolute atomic E-state index is 12.6. The molecule has 5 heteroatoms. The molecule has 1 N–H and O–H groups in total. The number of hydrogen-bond donors (Lipinski definition) is 1. The van der Waals surface area contributed by atoms with Crippen molar-refractivity contribution < 1.29 is 0 Å². The van der Waals surface area contributed by atoms with E-state index in [1.165, 1.54) is 43.4 Å². The van der Waals surface area contributed by atoms with Crippen molar-refractivity contribution in [2.24, 2.45) is 0 Å². The third kappa shape index (κ3) is 4.29. The Hall–Kier alpha value is -0.940. The van der Waals surface area contributed by atoms with Crippen LogP contribution in [-0.2, 0) is 13.0 Å². The summed E-state index contributed by atoms with van der Waals surface area (Å²) in [5, 5.41) is 0.790. The maximum Gasteiger partial charge on any atom is 0.263 e. The minimum absolute atomic E-state index is 0.0701. The number of aryl methyl sites for hydroxylation is 1. The highest BCUT2D eigenvalue weighted by atomic mass is 32.1. The molecule has 2 heterocycles. The largest absolute Gasteiger partial charge is 0.323 e. The van der Waals surface area contributed by atoms with E-state index >= 15 is 0 Å². The topological polar surface area (TPSA) is 37.8 Å². The Morgan fingerprint density at radius 2 is 1.82 bits per heavy atom. The van der Waals surface area contributed by atoms with Gasteiger partial charge in [-0.05, 0) is 31.1 Å². The molecule has 2 rings (SSSR count). The van der Waals surface area contributed by atoms with Crippen LogP contribution in [0.2, 0.25) is 0 Å². The normalized spacial score (nSPS) is 11.4. The molecule has 0 radical (unpaired) electrons. The number of nitrogens with one attached hydrogen (secondary N) is 1. The molecule has 0 spiro atoms. The average molecular weight is 339 g/mol. The van der Waals surface area contributed by atoms with Gasteiger partial charge in [0.1, 0.15) is 4.83 Å². The molecule has 0 amide bonds. The molecule has 3 nitrogen and oxygen atoms in total. The number of unbranched alkanes of at least 4 members (excludes halogenated alkanes) is 6. The van der Waals surface area contributed by atoms with E-state index in [0.29, 0.717) is 4.77 Å². The molecule has 0 aliphatic heterocycles. The van der Waals surface area contributed by atoms with Gasteiger partial charge in [-0.25, -0.2) is 0 Å². The van der Waals surface area contributed by atoms with Gasteiger partial charge in [-0.3, -0.25) is 9.36 Å². The number of fused-ring (bicyclic) bond motifs is 1. The number of aromatic nitrogens is 2.